The number of carbonyl (C=O) groups is 1. The van der Waals surface area contributed by atoms with E-state index in [0.29, 0.717) is 5.56 Å². The second kappa shape index (κ2) is 5.67. The molecule has 98 valence electrons. The average Bonchev–Trinajstić information content (AvgIpc) is 2.46. The number of para-hydroxylation sites is 1. The third kappa shape index (κ3) is 3.01. The van der Waals surface area contributed by atoms with Crippen LogP contribution in [0.2, 0.25) is 0 Å². The molecule has 0 aliphatic heterocycles. The number of benzene rings is 2. The summed E-state index contributed by atoms with van der Waals surface area (Å²) in [5.41, 5.74) is 2.47. The van der Waals surface area contributed by atoms with Crippen molar-refractivity contribution in [3.05, 3.63) is 65.7 Å². The van der Waals surface area contributed by atoms with Crippen LogP contribution in [0.25, 0.3) is 0 Å². The summed E-state index contributed by atoms with van der Waals surface area (Å²) in [5.74, 6) is -0.338. The summed E-state index contributed by atoms with van der Waals surface area (Å²) in [6.07, 6.45) is -1.13. The fraction of sp³-hybridized carbons (Fsp3) is 0.188. The van der Waals surface area contributed by atoms with Gasteiger partial charge in [0.05, 0.1) is 0 Å². The number of amides is 1. The number of nitrogens with zero attached hydrogens (tertiary/aromatic N) is 1. The van der Waals surface area contributed by atoms with E-state index in [1.54, 1.807) is 19.2 Å². The molecule has 0 bridgehead atoms. The molecule has 0 heterocycles. The fourth-order valence-corrected chi connectivity index (χ4v) is 1.85. The standard InChI is InChI=1S/C16H17NO2/c1-12-8-10-13(11-9-12)15(18)16(19)17(2)14-6-4-3-5-7-14/h3-11,15,18H,1-2H3. The molecule has 0 radical (unpaired) electrons. The zero-order valence-corrected chi connectivity index (χ0v) is 11.1. The molecule has 1 N–H and O–H groups in total. The van der Waals surface area contributed by atoms with Gasteiger partial charge in [-0.3, -0.25) is 4.79 Å². The maximum atomic E-state index is 12.2. The van der Waals surface area contributed by atoms with Crippen LogP contribution in [0.15, 0.2) is 54.6 Å². The van der Waals surface area contributed by atoms with Gasteiger partial charge in [0, 0.05) is 12.7 Å². The molecule has 3 heteroatoms. The van der Waals surface area contributed by atoms with Gasteiger partial charge in [0.25, 0.3) is 5.91 Å². The van der Waals surface area contributed by atoms with Gasteiger partial charge >= 0.3 is 0 Å². The van der Waals surface area contributed by atoms with Crippen molar-refractivity contribution >= 4 is 11.6 Å². The van der Waals surface area contributed by atoms with Crippen molar-refractivity contribution in [1.29, 1.82) is 0 Å². The van der Waals surface area contributed by atoms with Crippen molar-refractivity contribution in [2.45, 2.75) is 13.0 Å². The predicted octanol–water partition coefficient (Wildman–Crippen LogP) is 2.69. The van der Waals surface area contributed by atoms with Crippen LogP contribution in [-0.2, 0) is 4.79 Å². The van der Waals surface area contributed by atoms with Gasteiger partial charge in [0.2, 0.25) is 0 Å². The SMILES string of the molecule is Cc1ccc(C(O)C(=O)N(C)c2ccccc2)cc1. The zero-order valence-electron chi connectivity index (χ0n) is 11.1. The summed E-state index contributed by atoms with van der Waals surface area (Å²) in [4.78, 5) is 13.7. The molecule has 1 amide bonds. The number of hydrogen-bond donors (Lipinski definition) is 1. The van der Waals surface area contributed by atoms with Gasteiger partial charge in [-0.1, -0.05) is 48.0 Å². The highest BCUT2D eigenvalue weighted by Crippen LogP contribution is 2.20. The summed E-state index contributed by atoms with van der Waals surface area (Å²) < 4.78 is 0. The van der Waals surface area contributed by atoms with Crippen molar-refractivity contribution in [2.75, 3.05) is 11.9 Å². The number of rotatable bonds is 3. The Labute approximate surface area is 113 Å². The molecular formula is C16H17NO2. The Morgan fingerprint density at radius 2 is 1.63 bits per heavy atom. The molecule has 0 fully saturated rings. The highest BCUT2D eigenvalue weighted by Gasteiger charge is 2.21. The van der Waals surface area contributed by atoms with Crippen LogP contribution >= 0.6 is 0 Å². The molecule has 1 unspecified atom stereocenters. The van der Waals surface area contributed by atoms with E-state index in [4.69, 9.17) is 0 Å². The first kappa shape index (κ1) is 13.3. The monoisotopic (exact) mass is 255 g/mol. The first-order valence-electron chi connectivity index (χ1n) is 6.17. The molecule has 0 aromatic heterocycles. The molecule has 19 heavy (non-hydrogen) atoms. The molecule has 0 aliphatic rings. The van der Waals surface area contributed by atoms with E-state index >= 15 is 0 Å². The molecule has 0 saturated carbocycles. The smallest absolute Gasteiger partial charge is 0.260 e. The van der Waals surface area contributed by atoms with E-state index in [1.165, 1.54) is 4.90 Å². The number of hydrogen-bond acceptors (Lipinski definition) is 2. The Kier molecular flexibility index (Phi) is 3.97. The van der Waals surface area contributed by atoms with Crippen molar-refractivity contribution < 1.29 is 9.90 Å². The second-order valence-electron chi connectivity index (χ2n) is 4.55. The Hall–Kier alpha value is -2.13. The Balaban J connectivity index is 2.17. The van der Waals surface area contributed by atoms with Gasteiger partial charge < -0.3 is 10.0 Å². The first-order chi connectivity index (χ1) is 9.09. The molecule has 2 aromatic carbocycles. The minimum atomic E-state index is -1.13. The van der Waals surface area contributed by atoms with E-state index in [0.717, 1.165) is 11.3 Å². The summed E-state index contributed by atoms with van der Waals surface area (Å²) in [7, 11) is 1.66. The Morgan fingerprint density at radius 1 is 1.05 bits per heavy atom. The van der Waals surface area contributed by atoms with Crippen LogP contribution in [-0.4, -0.2) is 18.1 Å². The van der Waals surface area contributed by atoms with Crippen LogP contribution in [0, 0.1) is 6.92 Å². The number of aliphatic hydroxyl groups excluding tert-OH is 1. The minimum absolute atomic E-state index is 0.338. The number of aliphatic hydroxyl groups is 1. The molecular weight excluding hydrogens is 238 g/mol. The van der Waals surface area contributed by atoms with Gasteiger partial charge in [0.15, 0.2) is 6.10 Å². The van der Waals surface area contributed by atoms with Crippen LogP contribution in [0.4, 0.5) is 5.69 Å². The van der Waals surface area contributed by atoms with Crippen molar-refractivity contribution in [1.82, 2.24) is 0 Å². The summed E-state index contributed by atoms with van der Waals surface area (Å²) >= 11 is 0. The third-order valence-corrected chi connectivity index (χ3v) is 3.10. The number of anilines is 1. The van der Waals surface area contributed by atoms with Gasteiger partial charge in [-0.05, 0) is 24.6 Å². The molecule has 2 rings (SSSR count). The number of aryl methyl sites for hydroxylation is 1. The van der Waals surface area contributed by atoms with E-state index in [-0.39, 0.29) is 5.91 Å². The summed E-state index contributed by atoms with van der Waals surface area (Å²) in [6.45, 7) is 1.97. The van der Waals surface area contributed by atoms with Crippen molar-refractivity contribution in [3.8, 4) is 0 Å². The summed E-state index contributed by atoms with van der Waals surface area (Å²) in [6, 6.07) is 16.6. The molecule has 0 spiro atoms. The first-order valence-corrected chi connectivity index (χ1v) is 6.17. The van der Waals surface area contributed by atoms with Gasteiger partial charge in [0.1, 0.15) is 0 Å². The topological polar surface area (TPSA) is 40.5 Å². The highest BCUT2D eigenvalue weighted by molar-refractivity contribution is 5.96. The van der Waals surface area contributed by atoms with E-state index in [2.05, 4.69) is 0 Å². The lowest BCUT2D eigenvalue weighted by atomic mass is 10.1. The molecule has 3 nitrogen and oxygen atoms in total. The van der Waals surface area contributed by atoms with Crippen molar-refractivity contribution in [3.63, 3.8) is 0 Å². The predicted molar refractivity (Wildman–Crippen MR) is 76.0 cm³/mol. The lowest BCUT2D eigenvalue weighted by Crippen LogP contribution is -2.31. The average molecular weight is 255 g/mol. The van der Waals surface area contributed by atoms with E-state index < -0.39 is 6.10 Å². The van der Waals surface area contributed by atoms with Gasteiger partial charge in [-0.2, -0.15) is 0 Å². The van der Waals surface area contributed by atoms with Crippen molar-refractivity contribution in [2.24, 2.45) is 0 Å². The lowest BCUT2D eigenvalue weighted by Gasteiger charge is -2.21. The van der Waals surface area contributed by atoms with E-state index in [1.807, 2.05) is 49.4 Å². The number of likely N-dealkylation sites (N-methyl/N-ethyl adjacent to an activating group) is 1. The fourth-order valence-electron chi connectivity index (χ4n) is 1.85. The van der Waals surface area contributed by atoms with Crippen LogP contribution in [0.3, 0.4) is 0 Å². The number of carbonyl (C=O) groups excluding carboxylic acids is 1. The second-order valence-corrected chi connectivity index (χ2v) is 4.55. The van der Waals surface area contributed by atoms with E-state index in [9.17, 15) is 9.90 Å². The van der Waals surface area contributed by atoms with Gasteiger partial charge in [-0.15, -0.1) is 0 Å². The van der Waals surface area contributed by atoms with Crippen LogP contribution in [0.5, 0.6) is 0 Å². The Morgan fingerprint density at radius 3 is 2.21 bits per heavy atom. The maximum Gasteiger partial charge on any atom is 0.260 e. The van der Waals surface area contributed by atoms with Crippen LogP contribution in [0.1, 0.15) is 17.2 Å². The molecule has 1 atom stereocenters. The largest absolute Gasteiger partial charge is 0.378 e. The van der Waals surface area contributed by atoms with Gasteiger partial charge in [-0.25, -0.2) is 0 Å². The highest BCUT2D eigenvalue weighted by atomic mass is 16.3. The molecule has 2 aromatic rings. The zero-order chi connectivity index (χ0) is 13.8. The molecule has 0 saturated heterocycles. The quantitative estimate of drug-likeness (QED) is 0.916. The summed E-state index contributed by atoms with van der Waals surface area (Å²) in [5, 5.41) is 10.1. The normalized spacial score (nSPS) is 11.9. The Bertz CT molecular complexity index is 549. The minimum Gasteiger partial charge on any atom is -0.378 e. The lowest BCUT2D eigenvalue weighted by molar-refractivity contribution is -0.126. The third-order valence-electron chi connectivity index (χ3n) is 3.10. The maximum absolute atomic E-state index is 12.2. The molecule has 0 aliphatic carbocycles. The van der Waals surface area contributed by atoms with Crippen LogP contribution < -0.4 is 4.90 Å².